The minimum atomic E-state index is -0.963. The van der Waals surface area contributed by atoms with E-state index in [2.05, 4.69) is 13.8 Å². The quantitative estimate of drug-likeness (QED) is 0.821. The summed E-state index contributed by atoms with van der Waals surface area (Å²) in [6, 6.07) is 4.60. The Balaban J connectivity index is 2.10. The van der Waals surface area contributed by atoms with Crippen LogP contribution < -0.4 is 10.5 Å². The molecule has 1 fully saturated rings. The molecule has 1 saturated carbocycles. The van der Waals surface area contributed by atoms with E-state index in [1.165, 1.54) is 12.1 Å². The molecule has 3 unspecified atom stereocenters. The highest BCUT2D eigenvalue weighted by atomic mass is 16.5. The summed E-state index contributed by atoms with van der Waals surface area (Å²) in [5.74, 6) is 0.882. The number of nitrogen functional groups attached to an aromatic ring is 1. The number of nitrogens with two attached hydrogens (primary N) is 1. The summed E-state index contributed by atoms with van der Waals surface area (Å²) in [5.41, 5.74) is 6.56. The van der Waals surface area contributed by atoms with E-state index in [9.17, 15) is 4.79 Å². The van der Waals surface area contributed by atoms with Gasteiger partial charge in [-0.05, 0) is 49.3 Å². The maximum Gasteiger partial charge on any atom is 0.335 e. The van der Waals surface area contributed by atoms with Crippen molar-refractivity contribution >= 4 is 11.7 Å². The van der Waals surface area contributed by atoms with Gasteiger partial charge in [-0.2, -0.15) is 0 Å². The summed E-state index contributed by atoms with van der Waals surface area (Å²) >= 11 is 0. The third-order valence-electron chi connectivity index (χ3n) is 4.10. The van der Waals surface area contributed by atoms with Crippen molar-refractivity contribution in [3.05, 3.63) is 23.8 Å². The predicted octanol–water partition coefficient (Wildman–Crippen LogP) is 3.17. The number of hydrogen-bond donors (Lipinski definition) is 2. The number of aromatic carboxylic acids is 1. The fraction of sp³-hybridized carbons (Fsp3) is 0.533. The minimum absolute atomic E-state index is 0.137. The van der Waals surface area contributed by atoms with Gasteiger partial charge < -0.3 is 15.6 Å². The Morgan fingerprint density at radius 1 is 1.32 bits per heavy atom. The Bertz CT molecular complexity index is 472. The topological polar surface area (TPSA) is 72.5 Å². The van der Waals surface area contributed by atoms with E-state index < -0.39 is 5.97 Å². The first-order valence-corrected chi connectivity index (χ1v) is 6.77. The minimum Gasteiger partial charge on any atom is -0.488 e. The standard InChI is InChI=1S/C15H21NO3/c1-9-3-5-12(7-10(9)2)19-14-8-11(15(17)18)4-6-13(14)16/h4,6,8-10,12H,3,5,7,16H2,1-2H3,(H,17,18). The zero-order chi connectivity index (χ0) is 14.0. The van der Waals surface area contributed by atoms with Gasteiger partial charge in [-0.15, -0.1) is 0 Å². The lowest BCUT2D eigenvalue weighted by molar-refractivity contribution is 0.0694. The summed E-state index contributed by atoms with van der Waals surface area (Å²) in [7, 11) is 0. The Labute approximate surface area is 113 Å². The van der Waals surface area contributed by atoms with E-state index in [0.29, 0.717) is 17.4 Å². The first-order valence-electron chi connectivity index (χ1n) is 6.77. The summed E-state index contributed by atoms with van der Waals surface area (Å²) < 4.78 is 5.91. The van der Waals surface area contributed by atoms with Gasteiger partial charge in [0.25, 0.3) is 0 Å². The number of rotatable bonds is 3. The first-order chi connectivity index (χ1) is 8.97. The smallest absolute Gasteiger partial charge is 0.335 e. The van der Waals surface area contributed by atoms with Crippen molar-refractivity contribution in [3.8, 4) is 5.75 Å². The molecule has 104 valence electrons. The number of carboxylic acid groups (broad SMARTS) is 1. The average Bonchev–Trinajstić information content (AvgIpc) is 2.36. The maximum atomic E-state index is 11.0. The van der Waals surface area contributed by atoms with Gasteiger partial charge >= 0.3 is 5.97 Å². The molecule has 1 aliphatic carbocycles. The van der Waals surface area contributed by atoms with Gasteiger partial charge in [-0.1, -0.05) is 13.8 Å². The molecular weight excluding hydrogens is 242 g/mol. The number of carbonyl (C=O) groups is 1. The fourth-order valence-corrected chi connectivity index (χ4v) is 2.55. The Morgan fingerprint density at radius 2 is 2.05 bits per heavy atom. The van der Waals surface area contributed by atoms with Gasteiger partial charge in [0.05, 0.1) is 17.4 Å². The molecule has 0 heterocycles. The van der Waals surface area contributed by atoms with E-state index in [-0.39, 0.29) is 11.7 Å². The van der Waals surface area contributed by atoms with E-state index in [4.69, 9.17) is 15.6 Å². The lowest BCUT2D eigenvalue weighted by Gasteiger charge is -2.32. The zero-order valence-corrected chi connectivity index (χ0v) is 11.4. The molecular formula is C15H21NO3. The Hall–Kier alpha value is -1.71. The van der Waals surface area contributed by atoms with Gasteiger partial charge in [0.1, 0.15) is 5.75 Å². The molecule has 1 aromatic rings. The normalized spacial score (nSPS) is 26.9. The van der Waals surface area contributed by atoms with Crippen LogP contribution in [0.3, 0.4) is 0 Å². The van der Waals surface area contributed by atoms with Crippen LogP contribution in [0.25, 0.3) is 0 Å². The van der Waals surface area contributed by atoms with Crippen LogP contribution in [0.2, 0.25) is 0 Å². The van der Waals surface area contributed by atoms with Crippen molar-refractivity contribution < 1.29 is 14.6 Å². The second kappa shape index (κ2) is 5.51. The van der Waals surface area contributed by atoms with Crippen LogP contribution in [0.1, 0.15) is 43.5 Å². The maximum absolute atomic E-state index is 11.0. The molecule has 3 N–H and O–H groups in total. The van der Waals surface area contributed by atoms with Crippen molar-refractivity contribution in [2.75, 3.05) is 5.73 Å². The van der Waals surface area contributed by atoms with Crippen molar-refractivity contribution in [2.24, 2.45) is 11.8 Å². The van der Waals surface area contributed by atoms with Crippen LogP contribution in [0.15, 0.2) is 18.2 Å². The van der Waals surface area contributed by atoms with E-state index in [0.717, 1.165) is 25.2 Å². The third-order valence-corrected chi connectivity index (χ3v) is 4.10. The van der Waals surface area contributed by atoms with Crippen LogP contribution in [0.5, 0.6) is 5.75 Å². The first kappa shape index (κ1) is 13.7. The molecule has 4 nitrogen and oxygen atoms in total. The molecule has 0 saturated heterocycles. The molecule has 1 aliphatic rings. The van der Waals surface area contributed by atoms with Crippen LogP contribution in [-0.4, -0.2) is 17.2 Å². The van der Waals surface area contributed by atoms with Crippen LogP contribution in [0.4, 0.5) is 5.69 Å². The van der Waals surface area contributed by atoms with Crippen LogP contribution in [-0.2, 0) is 0 Å². The van der Waals surface area contributed by atoms with Crippen molar-refractivity contribution in [1.82, 2.24) is 0 Å². The van der Waals surface area contributed by atoms with Crippen LogP contribution >= 0.6 is 0 Å². The number of anilines is 1. The van der Waals surface area contributed by atoms with Crippen LogP contribution in [0, 0.1) is 11.8 Å². The SMILES string of the molecule is CC1CCC(Oc2cc(C(=O)O)ccc2N)CC1C. The molecule has 4 heteroatoms. The van der Waals surface area contributed by atoms with Gasteiger partial charge in [-0.3, -0.25) is 0 Å². The lowest BCUT2D eigenvalue weighted by atomic mass is 9.80. The molecule has 0 bridgehead atoms. The molecule has 0 aliphatic heterocycles. The zero-order valence-electron chi connectivity index (χ0n) is 11.4. The monoisotopic (exact) mass is 263 g/mol. The van der Waals surface area contributed by atoms with Crippen molar-refractivity contribution in [1.29, 1.82) is 0 Å². The largest absolute Gasteiger partial charge is 0.488 e. The highest BCUT2D eigenvalue weighted by Gasteiger charge is 2.26. The molecule has 0 radical (unpaired) electrons. The van der Waals surface area contributed by atoms with Gasteiger partial charge in [0.15, 0.2) is 0 Å². The number of ether oxygens (including phenoxy) is 1. The van der Waals surface area contributed by atoms with Gasteiger partial charge in [0, 0.05) is 0 Å². The predicted molar refractivity (Wildman–Crippen MR) is 74.4 cm³/mol. The molecule has 0 aromatic heterocycles. The highest BCUT2D eigenvalue weighted by Crippen LogP contribution is 2.33. The fourth-order valence-electron chi connectivity index (χ4n) is 2.55. The molecule has 19 heavy (non-hydrogen) atoms. The molecule has 3 atom stereocenters. The summed E-state index contributed by atoms with van der Waals surface area (Å²) in [6.07, 6.45) is 3.28. The molecule has 0 spiro atoms. The second-order valence-electron chi connectivity index (χ2n) is 5.57. The third kappa shape index (κ3) is 3.19. The van der Waals surface area contributed by atoms with E-state index >= 15 is 0 Å². The summed E-state index contributed by atoms with van der Waals surface area (Å²) in [5, 5.41) is 8.99. The van der Waals surface area contributed by atoms with Gasteiger partial charge in [0.2, 0.25) is 0 Å². The number of carboxylic acids is 1. The highest BCUT2D eigenvalue weighted by molar-refractivity contribution is 5.89. The van der Waals surface area contributed by atoms with Crippen molar-refractivity contribution in [3.63, 3.8) is 0 Å². The molecule has 1 aromatic carbocycles. The molecule has 0 amide bonds. The number of benzene rings is 1. The average molecular weight is 263 g/mol. The lowest BCUT2D eigenvalue weighted by Crippen LogP contribution is -2.29. The molecule has 2 rings (SSSR count). The second-order valence-corrected chi connectivity index (χ2v) is 5.57. The Kier molecular flexibility index (Phi) is 3.98. The summed E-state index contributed by atoms with van der Waals surface area (Å²) in [6.45, 7) is 4.50. The van der Waals surface area contributed by atoms with Gasteiger partial charge in [-0.25, -0.2) is 4.79 Å². The van der Waals surface area contributed by atoms with E-state index in [1.807, 2.05) is 0 Å². The van der Waals surface area contributed by atoms with Crippen molar-refractivity contribution in [2.45, 2.75) is 39.2 Å². The Morgan fingerprint density at radius 3 is 2.68 bits per heavy atom. The van der Waals surface area contributed by atoms with E-state index in [1.54, 1.807) is 6.07 Å². The number of hydrogen-bond acceptors (Lipinski definition) is 3. The summed E-state index contributed by atoms with van der Waals surface area (Å²) in [4.78, 5) is 11.0.